The van der Waals surface area contributed by atoms with Crippen molar-refractivity contribution in [2.45, 2.75) is 0 Å². The van der Waals surface area contributed by atoms with Gasteiger partial charge in [-0.3, -0.25) is 9.59 Å². The summed E-state index contributed by atoms with van der Waals surface area (Å²) in [5, 5.41) is 3.21. The Kier molecular flexibility index (Phi) is 3.54. The van der Waals surface area contributed by atoms with Crippen LogP contribution < -0.4 is 15.7 Å². The normalized spacial score (nSPS) is 14.8. The highest BCUT2D eigenvalue weighted by atomic mass is 16.5. The molecule has 7 nitrogen and oxygen atoms in total. The van der Waals surface area contributed by atoms with Crippen molar-refractivity contribution in [2.75, 3.05) is 26.7 Å². The molecule has 2 amide bonds. The zero-order valence-electron chi connectivity index (χ0n) is 11.9. The lowest BCUT2D eigenvalue weighted by atomic mass is 10.1. The maximum absolute atomic E-state index is 12.4. The number of hydrogen-bond acceptors (Lipinski definition) is 5. The smallest absolute Gasteiger partial charge is 0.349 e. The molecule has 1 fully saturated rings. The average Bonchev–Trinajstić information content (AvgIpc) is 2.53. The Hall–Kier alpha value is -2.83. The van der Waals surface area contributed by atoms with Crippen LogP contribution in [0.3, 0.4) is 0 Å². The fraction of sp³-hybridized carbons (Fsp3) is 0.267. The molecule has 1 aromatic heterocycles. The van der Waals surface area contributed by atoms with Crippen LogP contribution in [-0.4, -0.2) is 43.5 Å². The molecule has 0 spiro atoms. The molecular weight excluding hydrogens is 288 g/mol. The first-order valence-corrected chi connectivity index (χ1v) is 6.77. The van der Waals surface area contributed by atoms with Crippen molar-refractivity contribution in [1.29, 1.82) is 0 Å². The van der Waals surface area contributed by atoms with E-state index in [0.29, 0.717) is 29.8 Å². The van der Waals surface area contributed by atoms with Gasteiger partial charge in [-0.15, -0.1) is 0 Å². The molecule has 2 heterocycles. The van der Waals surface area contributed by atoms with Gasteiger partial charge in [0.15, 0.2) is 11.3 Å². The quantitative estimate of drug-likeness (QED) is 0.810. The molecule has 0 saturated carbocycles. The monoisotopic (exact) mass is 302 g/mol. The molecule has 0 unspecified atom stereocenters. The molecule has 1 aromatic carbocycles. The minimum absolute atomic E-state index is 0.0611. The number of hydrogen-bond donors (Lipinski definition) is 1. The number of carbonyl (C=O) groups is 2. The molecule has 0 bridgehead atoms. The molecule has 1 saturated heterocycles. The van der Waals surface area contributed by atoms with E-state index < -0.39 is 11.5 Å². The van der Waals surface area contributed by atoms with Crippen molar-refractivity contribution in [3.8, 4) is 5.75 Å². The van der Waals surface area contributed by atoms with Crippen LogP contribution in [0, 0.1) is 0 Å². The molecule has 0 radical (unpaired) electrons. The second kappa shape index (κ2) is 5.51. The minimum atomic E-state index is -0.743. The maximum Gasteiger partial charge on any atom is 0.349 e. The van der Waals surface area contributed by atoms with E-state index >= 15 is 0 Å². The number of fused-ring (bicyclic) bond motifs is 1. The molecule has 22 heavy (non-hydrogen) atoms. The summed E-state index contributed by atoms with van der Waals surface area (Å²) in [6.45, 7) is 0.673. The number of methoxy groups -OCH3 is 1. The predicted molar refractivity (Wildman–Crippen MR) is 77.9 cm³/mol. The topological polar surface area (TPSA) is 88.9 Å². The largest absolute Gasteiger partial charge is 0.493 e. The number of ether oxygens (including phenoxy) is 1. The van der Waals surface area contributed by atoms with E-state index in [1.807, 2.05) is 0 Å². The summed E-state index contributed by atoms with van der Waals surface area (Å²) in [4.78, 5) is 37.2. The summed E-state index contributed by atoms with van der Waals surface area (Å²) in [6, 6.07) is 6.60. The number of benzene rings is 1. The Morgan fingerprint density at radius 2 is 2.18 bits per heavy atom. The second-order valence-corrected chi connectivity index (χ2v) is 4.90. The minimum Gasteiger partial charge on any atom is -0.493 e. The molecular formula is C15H14N2O5. The summed E-state index contributed by atoms with van der Waals surface area (Å²) < 4.78 is 10.4. The zero-order valence-corrected chi connectivity index (χ0v) is 11.9. The van der Waals surface area contributed by atoms with Crippen LogP contribution in [0.15, 0.2) is 33.5 Å². The van der Waals surface area contributed by atoms with E-state index in [-0.39, 0.29) is 18.0 Å². The van der Waals surface area contributed by atoms with Crippen LogP contribution in [0.2, 0.25) is 0 Å². The third-order valence-electron chi connectivity index (χ3n) is 3.50. The van der Waals surface area contributed by atoms with Gasteiger partial charge in [-0.25, -0.2) is 4.79 Å². The highest BCUT2D eigenvalue weighted by Gasteiger charge is 2.25. The van der Waals surface area contributed by atoms with Crippen LogP contribution >= 0.6 is 0 Å². The fourth-order valence-corrected chi connectivity index (χ4v) is 2.41. The molecule has 0 aliphatic carbocycles. The van der Waals surface area contributed by atoms with Crippen LogP contribution in [0.25, 0.3) is 11.0 Å². The van der Waals surface area contributed by atoms with Crippen LogP contribution in [0.1, 0.15) is 10.4 Å². The van der Waals surface area contributed by atoms with E-state index in [1.165, 1.54) is 18.1 Å². The number of piperazine rings is 1. The molecule has 3 rings (SSSR count). The van der Waals surface area contributed by atoms with Crippen LogP contribution in [0.5, 0.6) is 5.75 Å². The van der Waals surface area contributed by atoms with Gasteiger partial charge in [0.1, 0.15) is 5.56 Å². The number of para-hydroxylation sites is 1. The molecule has 2 aromatic rings. The Morgan fingerprint density at radius 1 is 1.36 bits per heavy atom. The van der Waals surface area contributed by atoms with E-state index in [0.717, 1.165) is 0 Å². The van der Waals surface area contributed by atoms with Gasteiger partial charge in [-0.2, -0.15) is 0 Å². The molecule has 7 heteroatoms. The van der Waals surface area contributed by atoms with Crippen LogP contribution in [0.4, 0.5) is 0 Å². The van der Waals surface area contributed by atoms with Crippen molar-refractivity contribution in [1.82, 2.24) is 10.2 Å². The van der Waals surface area contributed by atoms with Crippen molar-refractivity contribution < 1.29 is 18.7 Å². The lowest BCUT2D eigenvalue weighted by Gasteiger charge is -2.26. The van der Waals surface area contributed by atoms with Gasteiger partial charge in [-0.1, -0.05) is 12.1 Å². The summed E-state index contributed by atoms with van der Waals surface area (Å²) in [7, 11) is 1.47. The fourth-order valence-electron chi connectivity index (χ4n) is 2.41. The van der Waals surface area contributed by atoms with E-state index in [2.05, 4.69) is 5.32 Å². The van der Waals surface area contributed by atoms with E-state index in [9.17, 15) is 14.4 Å². The summed E-state index contributed by atoms with van der Waals surface area (Å²) in [6.07, 6.45) is 0. The number of nitrogens with zero attached hydrogens (tertiary/aromatic N) is 1. The summed E-state index contributed by atoms with van der Waals surface area (Å²) >= 11 is 0. The molecule has 0 atom stereocenters. The molecule has 114 valence electrons. The van der Waals surface area contributed by atoms with Gasteiger partial charge in [0.05, 0.1) is 13.7 Å². The molecule has 1 aliphatic rings. The number of amides is 2. The first kappa shape index (κ1) is 14.1. The van der Waals surface area contributed by atoms with E-state index in [1.54, 1.807) is 18.2 Å². The standard InChI is InChI=1S/C15H14N2O5/c1-21-11-4-2-3-9-7-10(15(20)22-13(9)11)14(19)17-6-5-16-12(18)8-17/h2-4,7H,5-6,8H2,1H3,(H,16,18). The highest BCUT2D eigenvalue weighted by molar-refractivity contribution is 5.99. The Labute approximate surface area is 125 Å². The average molecular weight is 302 g/mol. The Morgan fingerprint density at radius 3 is 2.91 bits per heavy atom. The second-order valence-electron chi connectivity index (χ2n) is 4.90. The Balaban J connectivity index is 2.04. The molecule has 1 N–H and O–H groups in total. The van der Waals surface area contributed by atoms with Gasteiger partial charge >= 0.3 is 5.63 Å². The summed E-state index contributed by atoms with van der Waals surface area (Å²) in [5.74, 6) is -0.328. The number of carbonyl (C=O) groups excluding carboxylic acids is 2. The van der Waals surface area contributed by atoms with Gasteiger partial charge in [0.2, 0.25) is 5.91 Å². The summed E-state index contributed by atoms with van der Waals surface area (Å²) in [5.41, 5.74) is -0.536. The third kappa shape index (κ3) is 2.41. The third-order valence-corrected chi connectivity index (χ3v) is 3.50. The van der Waals surface area contributed by atoms with Gasteiger partial charge in [0.25, 0.3) is 5.91 Å². The van der Waals surface area contributed by atoms with Gasteiger partial charge in [-0.05, 0) is 12.1 Å². The van der Waals surface area contributed by atoms with Gasteiger partial charge < -0.3 is 19.4 Å². The molecule has 1 aliphatic heterocycles. The Bertz CT molecular complexity index is 811. The van der Waals surface area contributed by atoms with Crippen molar-refractivity contribution in [3.05, 3.63) is 40.2 Å². The van der Waals surface area contributed by atoms with E-state index in [4.69, 9.17) is 9.15 Å². The van der Waals surface area contributed by atoms with Crippen molar-refractivity contribution in [3.63, 3.8) is 0 Å². The van der Waals surface area contributed by atoms with Crippen molar-refractivity contribution >= 4 is 22.8 Å². The first-order valence-electron chi connectivity index (χ1n) is 6.77. The van der Waals surface area contributed by atoms with Crippen molar-refractivity contribution in [2.24, 2.45) is 0 Å². The lowest BCUT2D eigenvalue weighted by molar-refractivity contribution is -0.123. The first-order chi connectivity index (χ1) is 10.6. The predicted octanol–water partition coefficient (Wildman–Crippen LogP) is 0.374. The SMILES string of the molecule is COc1cccc2cc(C(=O)N3CCNC(=O)C3)c(=O)oc12. The van der Waals surface area contributed by atoms with Crippen LogP contribution in [-0.2, 0) is 4.79 Å². The number of nitrogens with one attached hydrogen (secondary N) is 1. The number of rotatable bonds is 2. The van der Waals surface area contributed by atoms with Gasteiger partial charge in [0, 0.05) is 18.5 Å². The lowest BCUT2D eigenvalue weighted by Crippen LogP contribution is -2.50. The highest BCUT2D eigenvalue weighted by Crippen LogP contribution is 2.24. The zero-order chi connectivity index (χ0) is 15.7. The maximum atomic E-state index is 12.4.